The van der Waals surface area contributed by atoms with Crippen molar-refractivity contribution in [2.75, 3.05) is 0 Å². The molecular weight excluding hydrogens is 192 g/mol. The van der Waals surface area contributed by atoms with Crippen LogP contribution in [-0.4, -0.2) is 21.6 Å². The first-order valence-electron chi connectivity index (χ1n) is 4.87. The summed E-state index contributed by atoms with van der Waals surface area (Å²) in [5.74, 6) is 0.329. The Hall–Kier alpha value is -1.71. The second kappa shape index (κ2) is 5.90. The molecule has 0 aromatic carbocycles. The van der Waals surface area contributed by atoms with Gasteiger partial charge in [-0.3, -0.25) is 4.79 Å². The lowest BCUT2D eigenvalue weighted by atomic mass is 10.2. The summed E-state index contributed by atoms with van der Waals surface area (Å²) in [4.78, 5) is 25.5. The Morgan fingerprint density at radius 1 is 1.53 bits per heavy atom. The zero-order valence-corrected chi connectivity index (χ0v) is 8.72. The Bertz CT molecular complexity index is 366. The second-order valence-corrected chi connectivity index (χ2v) is 3.23. The third-order valence-corrected chi connectivity index (χ3v) is 2.00. The molecule has 80 valence electrons. The van der Waals surface area contributed by atoms with E-state index in [9.17, 15) is 9.59 Å². The van der Waals surface area contributed by atoms with Gasteiger partial charge in [0.05, 0.1) is 0 Å². The van der Waals surface area contributed by atoms with Crippen molar-refractivity contribution in [2.24, 2.45) is 7.05 Å². The van der Waals surface area contributed by atoms with Gasteiger partial charge in [-0.15, -0.1) is 0 Å². The van der Waals surface area contributed by atoms with Crippen LogP contribution >= 0.6 is 0 Å². The van der Waals surface area contributed by atoms with Crippen LogP contribution in [0.1, 0.15) is 29.9 Å². The third-order valence-electron chi connectivity index (χ3n) is 2.00. The maximum atomic E-state index is 11.5. The van der Waals surface area contributed by atoms with Crippen molar-refractivity contribution >= 4 is 12.1 Å². The Morgan fingerprint density at radius 3 is 2.93 bits per heavy atom. The molecule has 1 rings (SSSR count). The van der Waals surface area contributed by atoms with Gasteiger partial charge in [0.1, 0.15) is 6.29 Å². The smallest absolute Gasteiger partial charge is 0.220 e. The van der Waals surface area contributed by atoms with Crippen molar-refractivity contribution in [1.29, 1.82) is 0 Å². The maximum absolute atomic E-state index is 11.5. The number of allylic oxidation sites excluding steroid dienone is 2. The molecule has 0 saturated carbocycles. The van der Waals surface area contributed by atoms with Crippen LogP contribution in [0.3, 0.4) is 0 Å². The Morgan fingerprint density at radius 2 is 2.33 bits per heavy atom. The van der Waals surface area contributed by atoms with Gasteiger partial charge in [-0.2, -0.15) is 0 Å². The molecule has 0 radical (unpaired) electrons. The highest BCUT2D eigenvalue weighted by Gasteiger charge is 2.05. The Kier molecular flexibility index (Phi) is 4.47. The molecule has 0 unspecified atom stereocenters. The van der Waals surface area contributed by atoms with Crippen LogP contribution in [0.2, 0.25) is 0 Å². The standard InChI is InChI=1S/C11H14N2O2/c1-13-8-7-12-11(13)10(15)6-4-2-3-5-9-14/h4,6-9H,2-3,5H2,1H3/b6-4+. The molecular formula is C11H14N2O2. The molecule has 1 aromatic rings. The summed E-state index contributed by atoms with van der Waals surface area (Å²) in [6.45, 7) is 0. The molecule has 0 atom stereocenters. The third kappa shape index (κ3) is 3.50. The number of hydrogen-bond acceptors (Lipinski definition) is 3. The topological polar surface area (TPSA) is 52.0 Å². The first-order valence-corrected chi connectivity index (χ1v) is 4.87. The highest BCUT2D eigenvalue weighted by Crippen LogP contribution is 1.99. The number of imidazole rings is 1. The summed E-state index contributed by atoms with van der Waals surface area (Å²) in [6.07, 6.45) is 9.56. The maximum Gasteiger partial charge on any atom is 0.220 e. The predicted molar refractivity (Wildman–Crippen MR) is 56.6 cm³/mol. The minimum absolute atomic E-state index is 0.103. The quantitative estimate of drug-likeness (QED) is 0.307. The summed E-state index contributed by atoms with van der Waals surface area (Å²) >= 11 is 0. The molecule has 0 amide bonds. The van der Waals surface area contributed by atoms with Crippen molar-refractivity contribution in [1.82, 2.24) is 9.55 Å². The number of ketones is 1. The number of aldehydes is 1. The van der Waals surface area contributed by atoms with Gasteiger partial charge in [-0.1, -0.05) is 6.08 Å². The number of unbranched alkanes of at least 4 members (excludes halogenated alkanes) is 2. The van der Waals surface area contributed by atoms with Crippen LogP contribution in [0.4, 0.5) is 0 Å². The van der Waals surface area contributed by atoms with Crippen LogP contribution < -0.4 is 0 Å². The second-order valence-electron chi connectivity index (χ2n) is 3.23. The lowest BCUT2D eigenvalue weighted by Crippen LogP contribution is -2.03. The fourth-order valence-corrected chi connectivity index (χ4v) is 1.19. The lowest BCUT2D eigenvalue weighted by Gasteiger charge is -1.95. The molecule has 15 heavy (non-hydrogen) atoms. The van der Waals surface area contributed by atoms with Crippen molar-refractivity contribution < 1.29 is 9.59 Å². The van der Waals surface area contributed by atoms with Crippen molar-refractivity contribution in [3.8, 4) is 0 Å². The molecule has 1 aromatic heterocycles. The monoisotopic (exact) mass is 206 g/mol. The molecule has 0 N–H and O–H groups in total. The Balaban J connectivity index is 2.42. The van der Waals surface area contributed by atoms with E-state index in [1.165, 1.54) is 6.08 Å². The van der Waals surface area contributed by atoms with E-state index in [1.807, 2.05) is 0 Å². The van der Waals surface area contributed by atoms with Gasteiger partial charge < -0.3 is 9.36 Å². The minimum atomic E-state index is -0.103. The highest BCUT2D eigenvalue weighted by molar-refractivity contribution is 6.01. The van der Waals surface area contributed by atoms with Crippen LogP contribution in [0, 0.1) is 0 Å². The normalized spacial score (nSPS) is 10.7. The van der Waals surface area contributed by atoms with Crippen LogP contribution in [0.5, 0.6) is 0 Å². The van der Waals surface area contributed by atoms with Gasteiger partial charge in [-0.25, -0.2) is 4.98 Å². The number of hydrogen-bond donors (Lipinski definition) is 0. The van der Waals surface area contributed by atoms with Crippen molar-refractivity contribution in [3.05, 3.63) is 30.4 Å². The number of aryl methyl sites for hydroxylation is 1. The van der Waals surface area contributed by atoms with Gasteiger partial charge in [0.15, 0.2) is 5.82 Å². The summed E-state index contributed by atoms with van der Waals surface area (Å²) in [7, 11) is 1.78. The molecule has 4 nitrogen and oxygen atoms in total. The zero-order valence-electron chi connectivity index (χ0n) is 8.72. The average molecular weight is 206 g/mol. The molecule has 0 fully saturated rings. The van der Waals surface area contributed by atoms with Gasteiger partial charge in [0, 0.05) is 25.9 Å². The number of rotatable bonds is 6. The summed E-state index contributed by atoms with van der Waals surface area (Å²) in [6, 6.07) is 0. The average Bonchev–Trinajstić information content (AvgIpc) is 2.64. The van der Waals surface area contributed by atoms with Gasteiger partial charge in [-0.05, 0) is 18.9 Å². The first kappa shape index (κ1) is 11.4. The largest absolute Gasteiger partial charge is 0.331 e. The number of nitrogens with zero attached hydrogens (tertiary/aromatic N) is 2. The van der Waals surface area contributed by atoms with Crippen LogP contribution in [-0.2, 0) is 11.8 Å². The van der Waals surface area contributed by atoms with Crippen molar-refractivity contribution in [3.63, 3.8) is 0 Å². The zero-order chi connectivity index (χ0) is 11.1. The summed E-state index contributed by atoms with van der Waals surface area (Å²) in [5, 5.41) is 0. The molecule has 1 heterocycles. The number of carbonyl (C=O) groups is 2. The molecule has 0 spiro atoms. The minimum Gasteiger partial charge on any atom is -0.331 e. The van der Waals surface area contributed by atoms with E-state index in [0.717, 1.165) is 19.1 Å². The van der Waals surface area contributed by atoms with Gasteiger partial charge in [0.25, 0.3) is 0 Å². The molecule has 4 heteroatoms. The van der Waals surface area contributed by atoms with Gasteiger partial charge in [0.2, 0.25) is 5.78 Å². The number of aromatic nitrogens is 2. The summed E-state index contributed by atoms with van der Waals surface area (Å²) in [5.41, 5.74) is 0. The fourth-order valence-electron chi connectivity index (χ4n) is 1.19. The van der Waals surface area contributed by atoms with E-state index in [1.54, 1.807) is 30.1 Å². The van der Waals surface area contributed by atoms with E-state index in [4.69, 9.17) is 0 Å². The fraction of sp³-hybridized carbons (Fsp3) is 0.364. The van der Waals surface area contributed by atoms with Crippen molar-refractivity contribution in [2.45, 2.75) is 19.3 Å². The molecule has 0 aliphatic carbocycles. The first-order chi connectivity index (χ1) is 7.25. The van der Waals surface area contributed by atoms with E-state index in [-0.39, 0.29) is 5.78 Å². The summed E-state index contributed by atoms with van der Waals surface area (Å²) < 4.78 is 1.68. The van der Waals surface area contributed by atoms with E-state index >= 15 is 0 Å². The van der Waals surface area contributed by atoms with E-state index in [2.05, 4.69) is 4.98 Å². The Labute approximate surface area is 88.6 Å². The molecule has 0 saturated heterocycles. The van der Waals surface area contributed by atoms with Crippen LogP contribution in [0.25, 0.3) is 0 Å². The van der Waals surface area contributed by atoms with Gasteiger partial charge >= 0.3 is 0 Å². The predicted octanol–water partition coefficient (Wildman–Crippen LogP) is 1.53. The molecule has 0 bridgehead atoms. The molecule has 0 aliphatic heterocycles. The highest BCUT2D eigenvalue weighted by atomic mass is 16.1. The van der Waals surface area contributed by atoms with Crippen LogP contribution in [0.15, 0.2) is 24.5 Å². The van der Waals surface area contributed by atoms with E-state index < -0.39 is 0 Å². The lowest BCUT2D eigenvalue weighted by molar-refractivity contribution is -0.107. The molecule has 0 aliphatic rings. The number of carbonyl (C=O) groups excluding carboxylic acids is 2. The SMILES string of the molecule is Cn1ccnc1C(=O)/C=C/CCCC=O. The van der Waals surface area contributed by atoms with E-state index in [0.29, 0.717) is 12.2 Å².